The standard InChI is InChI=1S/C78H48BN3O/c1-3-18-49(19-4-1)51-34-37-54(38-35-51)80-72-43-36-52(50-20-5-2-6-21-50)44-69(72)79-68-42-40-56(81-70-31-14-11-26-63(70)64-27-12-15-32-71(64)81)48-73(68)82(55-39-41-62-60-24-8-7-22-58(60)59-23-9-10-25-61(59)67(62)47-55)75-46-53(45-74(80)77(75)79)57-29-17-30-66-65-28-13-16-33-76(65)83-78(57)66/h1-48H. The van der Waals surface area contributed by atoms with Crippen LogP contribution < -0.4 is 26.2 Å². The fourth-order valence-corrected chi connectivity index (χ4v) is 14.3. The van der Waals surface area contributed by atoms with Crippen molar-refractivity contribution >= 4 is 133 Å². The molecule has 5 heteroatoms. The van der Waals surface area contributed by atoms with Crippen LogP contribution in [0, 0.1) is 0 Å². The van der Waals surface area contributed by atoms with E-state index >= 15 is 0 Å². The lowest BCUT2D eigenvalue weighted by molar-refractivity contribution is 0.670. The zero-order chi connectivity index (χ0) is 54.3. The van der Waals surface area contributed by atoms with Gasteiger partial charge in [-0.15, -0.1) is 0 Å². The van der Waals surface area contributed by atoms with E-state index in [9.17, 15) is 0 Å². The van der Waals surface area contributed by atoms with Gasteiger partial charge in [0.25, 0.3) is 6.71 Å². The van der Waals surface area contributed by atoms with E-state index in [0.29, 0.717) is 0 Å². The molecular formula is C78H48BN3O. The van der Waals surface area contributed by atoms with Crippen molar-refractivity contribution in [2.24, 2.45) is 0 Å². The lowest BCUT2D eigenvalue weighted by Gasteiger charge is -2.44. The average Bonchev–Trinajstić information content (AvgIpc) is 2.22. The number of hydrogen-bond acceptors (Lipinski definition) is 3. The van der Waals surface area contributed by atoms with Gasteiger partial charge >= 0.3 is 0 Å². The van der Waals surface area contributed by atoms with E-state index in [4.69, 9.17) is 4.42 Å². The summed E-state index contributed by atoms with van der Waals surface area (Å²) < 4.78 is 9.42. The van der Waals surface area contributed by atoms with Gasteiger partial charge in [-0.1, -0.05) is 218 Å². The SMILES string of the molecule is c1ccc(-c2ccc(N3c4ccc(-c5ccccc5)cc4B4c5ccc(-n6c7ccccc7c7ccccc76)cc5N(c5ccc6c7ccccc7c7ccccc7c6c5)c5cc(-c6cccc7c6oc6ccccc67)cc3c54)cc2)cc1. The molecule has 0 N–H and O–H groups in total. The molecule has 0 spiro atoms. The Morgan fingerprint density at radius 1 is 0.265 bits per heavy atom. The molecule has 4 heterocycles. The Hall–Kier alpha value is -10.9. The van der Waals surface area contributed by atoms with Crippen LogP contribution in [0.1, 0.15) is 0 Å². The number of fused-ring (bicyclic) bond motifs is 16. The molecule has 0 atom stereocenters. The van der Waals surface area contributed by atoms with Gasteiger partial charge in [0.1, 0.15) is 11.2 Å². The second kappa shape index (κ2) is 17.8. The summed E-state index contributed by atoms with van der Waals surface area (Å²) in [5.74, 6) is 0. The first-order valence-corrected chi connectivity index (χ1v) is 28.7. The first kappa shape index (κ1) is 45.9. The lowest BCUT2D eigenvalue weighted by atomic mass is 9.33. The van der Waals surface area contributed by atoms with E-state index in [1.807, 2.05) is 0 Å². The molecule has 4 nitrogen and oxygen atoms in total. The molecule has 0 bridgehead atoms. The Kier molecular flexibility index (Phi) is 9.86. The molecule has 0 aliphatic carbocycles. The zero-order valence-electron chi connectivity index (χ0n) is 45.0. The van der Waals surface area contributed by atoms with Gasteiger partial charge in [0.15, 0.2) is 0 Å². The first-order chi connectivity index (χ1) is 41.2. The van der Waals surface area contributed by atoms with Crippen LogP contribution in [0.2, 0.25) is 0 Å². The summed E-state index contributed by atoms with van der Waals surface area (Å²) in [7, 11) is 0. The van der Waals surface area contributed by atoms with Gasteiger partial charge in [-0.25, -0.2) is 0 Å². The summed E-state index contributed by atoms with van der Waals surface area (Å²) >= 11 is 0. The minimum Gasteiger partial charge on any atom is -0.455 e. The summed E-state index contributed by atoms with van der Waals surface area (Å²) in [6.45, 7) is -0.154. The molecule has 18 rings (SSSR count). The minimum absolute atomic E-state index is 0.154. The fraction of sp³-hybridized carbons (Fsp3) is 0. The van der Waals surface area contributed by atoms with Crippen LogP contribution in [0.3, 0.4) is 0 Å². The Balaban J connectivity index is 0.978. The maximum atomic E-state index is 6.96. The van der Waals surface area contributed by atoms with E-state index in [-0.39, 0.29) is 6.71 Å². The van der Waals surface area contributed by atoms with Crippen molar-refractivity contribution in [2.45, 2.75) is 0 Å². The van der Waals surface area contributed by atoms with Crippen LogP contribution in [0.5, 0.6) is 0 Å². The molecule has 2 aliphatic heterocycles. The Morgan fingerprint density at radius 3 is 1.45 bits per heavy atom. The molecule has 83 heavy (non-hydrogen) atoms. The molecular weight excluding hydrogens is 1010 g/mol. The third-order valence-corrected chi connectivity index (χ3v) is 17.9. The van der Waals surface area contributed by atoms with Gasteiger partial charge in [-0.05, 0) is 149 Å². The molecule has 0 unspecified atom stereocenters. The Labute approximate surface area is 479 Å². The third-order valence-electron chi connectivity index (χ3n) is 17.9. The second-order valence-electron chi connectivity index (χ2n) is 22.3. The summed E-state index contributed by atoms with van der Waals surface area (Å²) in [6, 6.07) is 108. The molecule has 2 aromatic heterocycles. The number of hydrogen-bond donors (Lipinski definition) is 0. The smallest absolute Gasteiger partial charge is 0.252 e. The molecule has 384 valence electrons. The van der Waals surface area contributed by atoms with E-state index < -0.39 is 0 Å². The molecule has 0 amide bonds. The van der Waals surface area contributed by atoms with Crippen LogP contribution in [-0.2, 0) is 0 Å². The summed E-state index contributed by atoms with van der Waals surface area (Å²) in [5, 5.41) is 12.1. The number of rotatable bonds is 6. The number of furan rings is 1. The molecule has 0 saturated heterocycles. The minimum atomic E-state index is -0.154. The lowest BCUT2D eigenvalue weighted by Crippen LogP contribution is -2.61. The van der Waals surface area contributed by atoms with Crippen LogP contribution in [0.25, 0.3) is 115 Å². The highest BCUT2D eigenvalue weighted by Crippen LogP contribution is 2.50. The number of anilines is 6. The predicted molar refractivity (Wildman–Crippen MR) is 351 cm³/mol. The molecule has 0 radical (unpaired) electrons. The highest BCUT2D eigenvalue weighted by molar-refractivity contribution is 7.00. The van der Waals surface area contributed by atoms with E-state index in [2.05, 4.69) is 306 Å². The van der Waals surface area contributed by atoms with Gasteiger partial charge in [-0.2, -0.15) is 0 Å². The van der Waals surface area contributed by atoms with Gasteiger partial charge in [0, 0.05) is 66.9 Å². The number of nitrogens with zero attached hydrogens (tertiary/aromatic N) is 3. The monoisotopic (exact) mass is 1050 g/mol. The largest absolute Gasteiger partial charge is 0.455 e. The topological polar surface area (TPSA) is 24.6 Å². The number of para-hydroxylation sites is 4. The fourth-order valence-electron chi connectivity index (χ4n) is 14.3. The highest BCUT2D eigenvalue weighted by Gasteiger charge is 2.44. The molecule has 16 aromatic rings. The van der Waals surface area contributed by atoms with E-state index in [1.54, 1.807) is 0 Å². The Bertz CT molecular complexity index is 5260. The maximum Gasteiger partial charge on any atom is 0.252 e. The van der Waals surface area contributed by atoms with Crippen LogP contribution >= 0.6 is 0 Å². The molecule has 0 fully saturated rings. The van der Waals surface area contributed by atoms with Gasteiger partial charge in [-0.3, -0.25) is 0 Å². The van der Waals surface area contributed by atoms with Crippen molar-refractivity contribution in [3.8, 4) is 39.1 Å². The number of aromatic nitrogens is 1. The number of benzene rings is 14. The average molecular weight is 1050 g/mol. The molecule has 0 saturated carbocycles. The van der Waals surface area contributed by atoms with Crippen LogP contribution in [0.15, 0.2) is 296 Å². The van der Waals surface area contributed by atoms with Crippen molar-refractivity contribution in [3.63, 3.8) is 0 Å². The van der Waals surface area contributed by atoms with Crippen molar-refractivity contribution in [1.29, 1.82) is 0 Å². The summed E-state index contributed by atoms with van der Waals surface area (Å²) in [5.41, 5.74) is 22.5. The normalized spacial score (nSPS) is 12.7. The highest BCUT2D eigenvalue weighted by atomic mass is 16.3. The van der Waals surface area contributed by atoms with Crippen molar-refractivity contribution in [3.05, 3.63) is 291 Å². The molecule has 2 aliphatic rings. The van der Waals surface area contributed by atoms with Gasteiger partial charge < -0.3 is 18.8 Å². The first-order valence-electron chi connectivity index (χ1n) is 28.7. The quantitative estimate of drug-likeness (QED) is 0.123. The van der Waals surface area contributed by atoms with Crippen molar-refractivity contribution in [1.82, 2.24) is 4.57 Å². The summed E-state index contributed by atoms with van der Waals surface area (Å²) in [6.07, 6.45) is 0. The third kappa shape index (κ3) is 6.83. The second-order valence-corrected chi connectivity index (χ2v) is 22.3. The van der Waals surface area contributed by atoms with Crippen molar-refractivity contribution in [2.75, 3.05) is 9.80 Å². The van der Waals surface area contributed by atoms with Gasteiger partial charge in [0.05, 0.1) is 11.0 Å². The van der Waals surface area contributed by atoms with E-state index in [0.717, 1.165) is 72.9 Å². The molecule has 14 aromatic carbocycles. The maximum absolute atomic E-state index is 6.96. The Morgan fingerprint density at radius 2 is 0.771 bits per heavy atom. The van der Waals surface area contributed by atoms with Crippen LogP contribution in [0.4, 0.5) is 34.1 Å². The summed E-state index contributed by atoms with van der Waals surface area (Å²) in [4.78, 5) is 5.13. The predicted octanol–water partition coefficient (Wildman–Crippen LogP) is 19.2. The van der Waals surface area contributed by atoms with Crippen molar-refractivity contribution < 1.29 is 4.42 Å². The zero-order valence-corrected chi connectivity index (χ0v) is 45.0. The van der Waals surface area contributed by atoms with Crippen LogP contribution in [-0.4, -0.2) is 11.3 Å². The van der Waals surface area contributed by atoms with E-state index in [1.165, 1.54) is 92.8 Å². The van der Waals surface area contributed by atoms with Gasteiger partial charge in [0.2, 0.25) is 0 Å².